The summed E-state index contributed by atoms with van der Waals surface area (Å²) in [4.78, 5) is 23.9. The Morgan fingerprint density at radius 2 is 1.92 bits per heavy atom. The molecule has 0 aliphatic heterocycles. The second-order valence-corrected chi connectivity index (χ2v) is 6.51. The highest BCUT2D eigenvalue weighted by atomic mass is 16.5. The number of amides is 1. The maximum Gasteiger partial charge on any atom is 0.305 e. The molecule has 0 fully saturated rings. The molecule has 6 heteroatoms. The highest BCUT2D eigenvalue weighted by Gasteiger charge is 2.20. The van der Waals surface area contributed by atoms with Crippen molar-refractivity contribution in [2.45, 2.75) is 46.5 Å². The first-order chi connectivity index (χ1) is 12.4. The Morgan fingerprint density at radius 1 is 1.23 bits per heavy atom. The first kappa shape index (κ1) is 19.7. The lowest BCUT2D eigenvalue weighted by atomic mass is 10.0. The van der Waals surface area contributed by atoms with Gasteiger partial charge >= 0.3 is 5.97 Å². The monoisotopic (exact) mass is 357 g/mol. The van der Waals surface area contributed by atoms with Crippen molar-refractivity contribution in [3.63, 3.8) is 0 Å². The molecule has 1 heterocycles. The van der Waals surface area contributed by atoms with Crippen LogP contribution in [0.15, 0.2) is 30.5 Å². The fourth-order valence-corrected chi connectivity index (χ4v) is 2.74. The van der Waals surface area contributed by atoms with E-state index in [9.17, 15) is 9.59 Å². The number of carbonyl (C=O) groups excluding carboxylic acids is 2. The Labute approximate surface area is 154 Å². The van der Waals surface area contributed by atoms with Crippen LogP contribution in [-0.2, 0) is 9.53 Å². The molecule has 0 aliphatic carbocycles. The maximum atomic E-state index is 12.6. The van der Waals surface area contributed by atoms with Crippen LogP contribution in [-0.4, -0.2) is 34.8 Å². The van der Waals surface area contributed by atoms with Gasteiger partial charge in [-0.3, -0.25) is 9.59 Å². The van der Waals surface area contributed by atoms with E-state index in [0.29, 0.717) is 31.6 Å². The first-order valence-electron chi connectivity index (χ1n) is 9.02. The molecule has 0 saturated heterocycles. The SMILES string of the molecule is CCOC(=O)CCCNC(=O)c1cnn(-c2ccc(C)cc2)c1C(C)C. The van der Waals surface area contributed by atoms with Crippen LogP contribution in [0, 0.1) is 6.92 Å². The lowest BCUT2D eigenvalue weighted by molar-refractivity contribution is -0.143. The normalized spacial score (nSPS) is 10.8. The van der Waals surface area contributed by atoms with E-state index in [4.69, 9.17) is 4.74 Å². The highest BCUT2D eigenvalue weighted by Crippen LogP contribution is 2.23. The smallest absolute Gasteiger partial charge is 0.305 e. The van der Waals surface area contributed by atoms with E-state index in [1.165, 1.54) is 5.56 Å². The Bertz CT molecular complexity index is 748. The minimum absolute atomic E-state index is 0.138. The summed E-state index contributed by atoms with van der Waals surface area (Å²) in [6.07, 6.45) is 2.46. The molecule has 1 aromatic carbocycles. The molecular weight excluding hydrogens is 330 g/mol. The van der Waals surface area contributed by atoms with Crippen LogP contribution in [0.2, 0.25) is 0 Å². The van der Waals surface area contributed by atoms with Gasteiger partial charge in [-0.15, -0.1) is 0 Å². The molecule has 0 saturated carbocycles. The molecule has 0 bridgehead atoms. The van der Waals surface area contributed by atoms with Gasteiger partial charge < -0.3 is 10.1 Å². The number of hydrogen-bond acceptors (Lipinski definition) is 4. The Balaban J connectivity index is 2.08. The number of rotatable bonds is 8. The van der Waals surface area contributed by atoms with Crippen LogP contribution < -0.4 is 5.32 Å². The quantitative estimate of drug-likeness (QED) is 0.581. The second-order valence-electron chi connectivity index (χ2n) is 6.51. The third-order valence-electron chi connectivity index (χ3n) is 4.03. The number of nitrogens with zero attached hydrogens (tertiary/aromatic N) is 2. The summed E-state index contributed by atoms with van der Waals surface area (Å²) in [5, 5.41) is 7.29. The Morgan fingerprint density at radius 3 is 2.54 bits per heavy atom. The zero-order chi connectivity index (χ0) is 19.1. The van der Waals surface area contributed by atoms with Crippen LogP contribution in [0.1, 0.15) is 61.1 Å². The van der Waals surface area contributed by atoms with Crippen molar-refractivity contribution in [1.29, 1.82) is 0 Å². The molecule has 1 aromatic heterocycles. The molecular formula is C20H27N3O3. The molecule has 1 N–H and O–H groups in total. The lowest BCUT2D eigenvalue weighted by Crippen LogP contribution is -2.26. The van der Waals surface area contributed by atoms with E-state index >= 15 is 0 Å². The highest BCUT2D eigenvalue weighted by molar-refractivity contribution is 5.95. The van der Waals surface area contributed by atoms with Crippen molar-refractivity contribution in [3.05, 3.63) is 47.3 Å². The van der Waals surface area contributed by atoms with Crippen molar-refractivity contribution < 1.29 is 14.3 Å². The number of nitrogens with one attached hydrogen (secondary N) is 1. The molecule has 6 nitrogen and oxygen atoms in total. The summed E-state index contributed by atoms with van der Waals surface area (Å²) in [6, 6.07) is 8.04. The predicted molar refractivity (Wildman–Crippen MR) is 101 cm³/mol. The maximum absolute atomic E-state index is 12.6. The van der Waals surface area contributed by atoms with E-state index in [-0.39, 0.29) is 17.8 Å². The van der Waals surface area contributed by atoms with Gasteiger partial charge in [0.15, 0.2) is 0 Å². The fraction of sp³-hybridized carbons (Fsp3) is 0.450. The van der Waals surface area contributed by atoms with Crippen molar-refractivity contribution in [2.75, 3.05) is 13.2 Å². The number of aromatic nitrogens is 2. The third-order valence-corrected chi connectivity index (χ3v) is 4.03. The molecule has 0 atom stereocenters. The minimum atomic E-state index is -0.239. The number of aryl methyl sites for hydroxylation is 1. The molecule has 0 radical (unpaired) electrons. The molecule has 26 heavy (non-hydrogen) atoms. The van der Waals surface area contributed by atoms with Gasteiger partial charge in [0, 0.05) is 13.0 Å². The van der Waals surface area contributed by atoms with Gasteiger partial charge in [-0.05, 0) is 38.3 Å². The van der Waals surface area contributed by atoms with Gasteiger partial charge in [0.05, 0.1) is 29.7 Å². The molecule has 2 rings (SSSR count). The molecule has 140 valence electrons. The van der Waals surface area contributed by atoms with Crippen LogP contribution in [0.5, 0.6) is 0 Å². The number of carbonyl (C=O) groups is 2. The van der Waals surface area contributed by atoms with Gasteiger partial charge in [0.2, 0.25) is 0 Å². The second kappa shape index (κ2) is 9.17. The summed E-state index contributed by atoms with van der Waals surface area (Å²) in [7, 11) is 0. The van der Waals surface area contributed by atoms with Crippen LogP contribution >= 0.6 is 0 Å². The van der Waals surface area contributed by atoms with Crippen LogP contribution in [0.3, 0.4) is 0 Å². The number of esters is 1. The van der Waals surface area contributed by atoms with Crippen LogP contribution in [0.4, 0.5) is 0 Å². The van der Waals surface area contributed by atoms with Gasteiger partial charge in [-0.1, -0.05) is 31.5 Å². The van der Waals surface area contributed by atoms with Crippen molar-refractivity contribution >= 4 is 11.9 Å². The largest absolute Gasteiger partial charge is 0.466 e. The minimum Gasteiger partial charge on any atom is -0.466 e. The Kier molecular flexibility index (Phi) is 6.95. The van der Waals surface area contributed by atoms with Gasteiger partial charge in [-0.2, -0.15) is 5.10 Å². The summed E-state index contributed by atoms with van der Waals surface area (Å²) in [5.41, 5.74) is 3.54. The third kappa shape index (κ3) is 4.94. The zero-order valence-electron chi connectivity index (χ0n) is 15.9. The van der Waals surface area contributed by atoms with E-state index in [1.807, 2.05) is 49.7 Å². The average Bonchev–Trinajstić information content (AvgIpc) is 3.05. The molecule has 2 aromatic rings. The molecule has 1 amide bonds. The average molecular weight is 357 g/mol. The Hall–Kier alpha value is -2.63. The van der Waals surface area contributed by atoms with Crippen molar-refractivity contribution in [1.82, 2.24) is 15.1 Å². The zero-order valence-corrected chi connectivity index (χ0v) is 15.9. The molecule has 0 spiro atoms. The van der Waals surface area contributed by atoms with Crippen molar-refractivity contribution in [3.8, 4) is 5.69 Å². The van der Waals surface area contributed by atoms with E-state index < -0.39 is 0 Å². The lowest BCUT2D eigenvalue weighted by Gasteiger charge is -2.13. The standard InChI is InChI=1S/C20H27N3O3/c1-5-26-18(24)7-6-12-21-20(25)17-13-22-23(19(17)14(2)3)16-10-8-15(4)9-11-16/h8-11,13-14H,5-7,12H2,1-4H3,(H,21,25). The molecule has 0 aliphatic rings. The van der Waals surface area contributed by atoms with Gasteiger partial charge in [0.1, 0.15) is 0 Å². The summed E-state index contributed by atoms with van der Waals surface area (Å²) in [6.45, 7) is 8.69. The number of hydrogen-bond donors (Lipinski definition) is 1. The first-order valence-corrected chi connectivity index (χ1v) is 9.02. The van der Waals surface area contributed by atoms with Gasteiger partial charge in [-0.25, -0.2) is 4.68 Å². The summed E-state index contributed by atoms with van der Waals surface area (Å²) < 4.78 is 6.70. The predicted octanol–water partition coefficient (Wildman–Crippen LogP) is 3.38. The number of ether oxygens (including phenoxy) is 1. The summed E-state index contributed by atoms with van der Waals surface area (Å²) in [5.74, 6) is -0.271. The van der Waals surface area contributed by atoms with E-state index in [0.717, 1.165) is 11.4 Å². The number of benzene rings is 1. The van der Waals surface area contributed by atoms with Gasteiger partial charge in [0.25, 0.3) is 5.91 Å². The fourth-order valence-electron chi connectivity index (χ4n) is 2.74. The van der Waals surface area contributed by atoms with Crippen molar-refractivity contribution in [2.24, 2.45) is 0 Å². The van der Waals surface area contributed by atoms with E-state index in [1.54, 1.807) is 13.1 Å². The van der Waals surface area contributed by atoms with Crippen LogP contribution in [0.25, 0.3) is 5.69 Å². The molecule has 0 unspecified atom stereocenters. The topological polar surface area (TPSA) is 73.2 Å². The summed E-state index contributed by atoms with van der Waals surface area (Å²) >= 11 is 0. The van der Waals surface area contributed by atoms with E-state index in [2.05, 4.69) is 10.4 Å².